The Balaban J connectivity index is 1.10. The quantitative estimate of drug-likeness (QED) is 0.615. The molecule has 1 N–H and O–H groups in total. The molecular weight excluding hydrogens is 412 g/mol. The largest absolute Gasteiger partial charge is 0.342 e. The summed E-state index contributed by atoms with van der Waals surface area (Å²) < 4.78 is 0. The van der Waals surface area contributed by atoms with Crippen molar-refractivity contribution in [3.8, 4) is 0 Å². The van der Waals surface area contributed by atoms with Crippen molar-refractivity contribution in [3.05, 3.63) is 72.1 Å². The Morgan fingerprint density at radius 2 is 1.52 bits per heavy atom. The molecule has 3 heterocycles. The molecule has 33 heavy (non-hydrogen) atoms. The number of nitrogens with zero attached hydrogens (tertiary/aromatic N) is 3. The number of para-hydroxylation sites is 2. The zero-order valence-corrected chi connectivity index (χ0v) is 18.8. The normalized spacial score (nSPS) is 18.3. The standard InChI is InChI=1S/C27H30N4O2/c32-25(11-10-20-6-2-1-3-7-20)30-16-14-22(15-17-30)27(33)31-18-12-21(13-19-31)26-28-23-8-4-5-9-24(23)29-26/h1-11,21-22H,12-19H2,(H,28,29). The zero-order chi connectivity index (χ0) is 22.6. The minimum atomic E-state index is 0.0231. The number of imidazole rings is 1. The van der Waals surface area contributed by atoms with Crippen LogP contribution in [0.4, 0.5) is 0 Å². The number of fused-ring (bicyclic) bond motifs is 1. The Labute approximate surface area is 194 Å². The van der Waals surface area contributed by atoms with Gasteiger partial charge in [0.15, 0.2) is 0 Å². The molecule has 0 aliphatic carbocycles. The van der Waals surface area contributed by atoms with Gasteiger partial charge in [0.2, 0.25) is 11.8 Å². The summed E-state index contributed by atoms with van der Waals surface area (Å²) in [4.78, 5) is 37.7. The molecule has 2 fully saturated rings. The number of nitrogens with one attached hydrogen (secondary N) is 1. The number of H-pyrrole nitrogens is 1. The monoisotopic (exact) mass is 442 g/mol. The Hall–Kier alpha value is -3.41. The van der Waals surface area contributed by atoms with E-state index in [1.165, 1.54) is 0 Å². The van der Waals surface area contributed by atoms with Crippen molar-refractivity contribution < 1.29 is 9.59 Å². The Kier molecular flexibility index (Phi) is 6.24. The Bertz CT molecular complexity index is 1100. The second-order valence-electron chi connectivity index (χ2n) is 9.08. The predicted octanol–water partition coefficient (Wildman–Crippen LogP) is 4.22. The van der Waals surface area contributed by atoms with Crippen LogP contribution in [0.5, 0.6) is 0 Å². The number of carbonyl (C=O) groups is 2. The summed E-state index contributed by atoms with van der Waals surface area (Å²) in [5.41, 5.74) is 3.10. The van der Waals surface area contributed by atoms with Gasteiger partial charge < -0.3 is 14.8 Å². The van der Waals surface area contributed by atoms with E-state index < -0.39 is 0 Å². The molecule has 3 aromatic rings. The maximum atomic E-state index is 13.1. The van der Waals surface area contributed by atoms with E-state index in [0.717, 1.165) is 61.2 Å². The molecule has 0 spiro atoms. The van der Waals surface area contributed by atoms with Crippen LogP contribution in [0.25, 0.3) is 17.1 Å². The molecular formula is C27H30N4O2. The number of hydrogen-bond donors (Lipinski definition) is 1. The van der Waals surface area contributed by atoms with Gasteiger partial charge in [-0.2, -0.15) is 0 Å². The molecule has 0 bridgehead atoms. The summed E-state index contributed by atoms with van der Waals surface area (Å²) in [6.45, 7) is 2.84. The fraction of sp³-hybridized carbons (Fsp3) is 0.370. The van der Waals surface area contributed by atoms with E-state index in [-0.39, 0.29) is 17.7 Å². The van der Waals surface area contributed by atoms with Crippen molar-refractivity contribution in [2.75, 3.05) is 26.2 Å². The van der Waals surface area contributed by atoms with E-state index >= 15 is 0 Å². The molecule has 2 aromatic carbocycles. The van der Waals surface area contributed by atoms with Gasteiger partial charge >= 0.3 is 0 Å². The third-order valence-electron chi connectivity index (χ3n) is 6.97. The molecule has 6 nitrogen and oxygen atoms in total. The summed E-state index contributed by atoms with van der Waals surface area (Å²) in [5, 5.41) is 0. The van der Waals surface area contributed by atoms with Crippen LogP contribution in [0.1, 0.15) is 43.0 Å². The van der Waals surface area contributed by atoms with E-state index in [1.807, 2.05) is 64.4 Å². The lowest BCUT2D eigenvalue weighted by atomic mass is 9.91. The van der Waals surface area contributed by atoms with Crippen molar-refractivity contribution in [1.29, 1.82) is 0 Å². The second-order valence-corrected chi connectivity index (χ2v) is 9.08. The third kappa shape index (κ3) is 4.85. The molecule has 6 heteroatoms. The number of amides is 2. The van der Waals surface area contributed by atoms with Gasteiger partial charge in [-0.3, -0.25) is 9.59 Å². The third-order valence-corrected chi connectivity index (χ3v) is 6.97. The highest BCUT2D eigenvalue weighted by atomic mass is 16.2. The number of rotatable bonds is 4. The van der Waals surface area contributed by atoms with Gasteiger partial charge in [-0.05, 0) is 49.5 Å². The number of likely N-dealkylation sites (tertiary alicyclic amines) is 2. The number of piperidine rings is 2. The highest BCUT2D eigenvalue weighted by molar-refractivity contribution is 5.92. The first-order valence-electron chi connectivity index (χ1n) is 11.9. The van der Waals surface area contributed by atoms with Gasteiger partial charge in [0.25, 0.3) is 0 Å². The van der Waals surface area contributed by atoms with Crippen LogP contribution in [0.3, 0.4) is 0 Å². The van der Waals surface area contributed by atoms with Crippen LogP contribution >= 0.6 is 0 Å². The predicted molar refractivity (Wildman–Crippen MR) is 129 cm³/mol. The number of benzene rings is 2. The summed E-state index contributed by atoms with van der Waals surface area (Å²) in [7, 11) is 0. The van der Waals surface area contributed by atoms with Crippen LogP contribution in [0.2, 0.25) is 0 Å². The Morgan fingerprint density at radius 3 is 2.24 bits per heavy atom. The maximum Gasteiger partial charge on any atom is 0.246 e. The number of aromatic amines is 1. The molecule has 2 amide bonds. The van der Waals surface area contributed by atoms with E-state index in [0.29, 0.717) is 19.0 Å². The first-order valence-corrected chi connectivity index (χ1v) is 11.9. The number of carbonyl (C=O) groups excluding carboxylic acids is 2. The van der Waals surface area contributed by atoms with Crippen LogP contribution in [-0.4, -0.2) is 57.8 Å². The molecule has 0 saturated carbocycles. The van der Waals surface area contributed by atoms with Crippen molar-refractivity contribution >= 4 is 28.9 Å². The van der Waals surface area contributed by atoms with Crippen LogP contribution in [0.15, 0.2) is 60.7 Å². The van der Waals surface area contributed by atoms with Crippen molar-refractivity contribution in [1.82, 2.24) is 19.8 Å². The fourth-order valence-corrected chi connectivity index (χ4v) is 4.98. The van der Waals surface area contributed by atoms with E-state index in [9.17, 15) is 9.59 Å². The SMILES string of the molecule is O=C(C=Cc1ccccc1)N1CCC(C(=O)N2CCC(c3nc4ccccc4[nH]3)CC2)CC1. The molecule has 170 valence electrons. The van der Waals surface area contributed by atoms with Crippen molar-refractivity contribution in [3.63, 3.8) is 0 Å². The lowest BCUT2D eigenvalue weighted by Gasteiger charge is -2.36. The van der Waals surface area contributed by atoms with Crippen LogP contribution in [0, 0.1) is 5.92 Å². The number of aromatic nitrogens is 2. The summed E-state index contributed by atoms with van der Waals surface area (Å²) in [6, 6.07) is 17.9. The number of hydrogen-bond acceptors (Lipinski definition) is 3. The van der Waals surface area contributed by atoms with E-state index in [4.69, 9.17) is 4.98 Å². The van der Waals surface area contributed by atoms with Gasteiger partial charge in [-0.1, -0.05) is 42.5 Å². The van der Waals surface area contributed by atoms with Crippen LogP contribution in [-0.2, 0) is 9.59 Å². The van der Waals surface area contributed by atoms with Crippen molar-refractivity contribution in [2.24, 2.45) is 5.92 Å². The first-order chi connectivity index (χ1) is 16.2. The minimum Gasteiger partial charge on any atom is -0.342 e. The molecule has 5 rings (SSSR count). The second kappa shape index (κ2) is 9.61. The summed E-state index contributed by atoms with van der Waals surface area (Å²) in [5.74, 6) is 1.72. The van der Waals surface area contributed by atoms with E-state index in [2.05, 4.69) is 11.1 Å². The molecule has 0 atom stereocenters. The maximum absolute atomic E-state index is 13.1. The fourth-order valence-electron chi connectivity index (χ4n) is 4.98. The molecule has 2 saturated heterocycles. The smallest absolute Gasteiger partial charge is 0.246 e. The van der Waals surface area contributed by atoms with E-state index in [1.54, 1.807) is 6.08 Å². The lowest BCUT2D eigenvalue weighted by molar-refractivity contribution is -0.140. The van der Waals surface area contributed by atoms with Gasteiger partial charge in [-0.25, -0.2) is 4.98 Å². The van der Waals surface area contributed by atoms with Gasteiger partial charge in [0.1, 0.15) is 5.82 Å². The molecule has 0 radical (unpaired) electrons. The van der Waals surface area contributed by atoms with Gasteiger partial charge in [0, 0.05) is 44.1 Å². The molecule has 1 aromatic heterocycles. The average Bonchev–Trinajstić information content (AvgIpc) is 3.32. The minimum absolute atomic E-state index is 0.0231. The molecule has 0 unspecified atom stereocenters. The highest BCUT2D eigenvalue weighted by Crippen LogP contribution is 2.29. The van der Waals surface area contributed by atoms with Crippen LogP contribution < -0.4 is 0 Å². The topological polar surface area (TPSA) is 69.3 Å². The Morgan fingerprint density at radius 1 is 0.848 bits per heavy atom. The molecule has 2 aliphatic rings. The van der Waals surface area contributed by atoms with Gasteiger partial charge in [0.05, 0.1) is 11.0 Å². The lowest BCUT2D eigenvalue weighted by Crippen LogP contribution is -2.46. The van der Waals surface area contributed by atoms with Crippen molar-refractivity contribution in [2.45, 2.75) is 31.6 Å². The highest BCUT2D eigenvalue weighted by Gasteiger charge is 2.32. The summed E-state index contributed by atoms with van der Waals surface area (Å²) >= 11 is 0. The summed E-state index contributed by atoms with van der Waals surface area (Å²) in [6.07, 6.45) is 6.85. The first kappa shape index (κ1) is 21.4. The average molecular weight is 443 g/mol. The molecule has 2 aliphatic heterocycles. The van der Waals surface area contributed by atoms with Gasteiger partial charge in [-0.15, -0.1) is 0 Å². The zero-order valence-electron chi connectivity index (χ0n) is 18.8.